The number of ether oxygens (including phenoxy) is 1. The molecule has 2 N–H and O–H groups in total. The lowest BCUT2D eigenvalue weighted by atomic mass is 9.42. The van der Waals surface area contributed by atoms with Crippen molar-refractivity contribution in [2.45, 2.75) is 76.9 Å². The Morgan fingerprint density at radius 1 is 1.12 bits per heavy atom. The fraction of sp³-hybridized carbons (Fsp3) is 0.759. The van der Waals surface area contributed by atoms with Crippen LogP contribution in [0, 0.1) is 51.8 Å². The lowest BCUT2D eigenvalue weighted by Gasteiger charge is -2.62. The van der Waals surface area contributed by atoms with Crippen molar-refractivity contribution in [1.29, 1.82) is 0 Å². The van der Waals surface area contributed by atoms with Crippen LogP contribution in [0.5, 0.6) is 5.75 Å². The van der Waals surface area contributed by atoms with E-state index in [4.69, 9.17) is 4.74 Å². The second-order valence-electron chi connectivity index (χ2n) is 13.2. The molecule has 4 nitrogen and oxygen atoms in total. The number of methoxy groups -OCH3 is 1. The van der Waals surface area contributed by atoms with Gasteiger partial charge >= 0.3 is 0 Å². The number of aliphatic hydroxyl groups is 1. The highest BCUT2D eigenvalue weighted by Crippen LogP contribution is 2.88. The predicted octanol–water partition coefficient (Wildman–Crippen LogP) is 4.76. The van der Waals surface area contributed by atoms with E-state index in [0.29, 0.717) is 41.8 Å². The molecule has 6 aliphatic carbocycles. The number of rotatable bonds is 3. The average Bonchev–Trinajstić information content (AvgIpc) is 3.40. The molecule has 0 aromatic heterocycles. The number of hydrogen-bond acceptors (Lipinski definition) is 4. The Morgan fingerprint density at radius 3 is 2.67 bits per heavy atom. The number of phenolic OH excluding ortho intramolecular Hbond substituents is 1. The van der Waals surface area contributed by atoms with Crippen LogP contribution in [0.25, 0.3) is 0 Å². The van der Waals surface area contributed by atoms with E-state index in [-0.39, 0.29) is 34.1 Å². The highest BCUT2D eigenvalue weighted by Gasteiger charge is 2.89. The van der Waals surface area contributed by atoms with Gasteiger partial charge in [-0.15, -0.1) is 0 Å². The van der Waals surface area contributed by atoms with Gasteiger partial charge in [0.15, 0.2) is 0 Å². The molecule has 6 aliphatic rings. The van der Waals surface area contributed by atoms with Crippen LogP contribution in [0.2, 0.25) is 0 Å². The van der Waals surface area contributed by atoms with Crippen molar-refractivity contribution in [1.82, 2.24) is 0 Å². The van der Waals surface area contributed by atoms with Crippen molar-refractivity contribution in [3.8, 4) is 5.75 Å². The van der Waals surface area contributed by atoms with Gasteiger partial charge in [-0.3, -0.25) is 4.79 Å². The standard InChI is InChI=1S/C29H38O4/c1-26-15-20-18-8-9-19-11-16(10-17-6-4-5-7-21(17)30)13-28(19,14-18)27(26,2)24(20)25-22(31)12-23(33-3)29(25,26)32/h4-7,16,18-20,23-25,30,32H,8-15H2,1-3H3/t16-,18-,19+,20+,23+,24+,25-,26+,27+,28+,29-/m1/s1. The number of carbonyl (C=O) groups is 1. The maximum Gasteiger partial charge on any atom is 0.141 e. The van der Waals surface area contributed by atoms with E-state index in [2.05, 4.69) is 19.9 Å². The summed E-state index contributed by atoms with van der Waals surface area (Å²) in [7, 11) is 1.68. The third-order valence-corrected chi connectivity index (χ3v) is 12.8. The van der Waals surface area contributed by atoms with Gasteiger partial charge < -0.3 is 14.9 Å². The summed E-state index contributed by atoms with van der Waals surface area (Å²) in [4.78, 5) is 13.4. The zero-order chi connectivity index (χ0) is 23.0. The lowest BCUT2D eigenvalue weighted by molar-refractivity contribution is -0.192. The minimum Gasteiger partial charge on any atom is -0.508 e. The Kier molecular flexibility index (Phi) is 3.96. The molecule has 0 radical (unpaired) electrons. The first-order valence-corrected chi connectivity index (χ1v) is 13.3. The molecular formula is C29H38O4. The van der Waals surface area contributed by atoms with Crippen molar-refractivity contribution >= 4 is 5.78 Å². The molecule has 1 aromatic carbocycles. The van der Waals surface area contributed by atoms with Gasteiger partial charge in [-0.2, -0.15) is 0 Å². The molecule has 11 atom stereocenters. The summed E-state index contributed by atoms with van der Waals surface area (Å²) in [5.41, 5.74) is -0.0872. The smallest absolute Gasteiger partial charge is 0.141 e. The summed E-state index contributed by atoms with van der Waals surface area (Å²) in [6.07, 6.45) is 8.25. The molecule has 0 saturated heterocycles. The Morgan fingerprint density at radius 2 is 1.91 bits per heavy atom. The molecule has 7 rings (SSSR count). The summed E-state index contributed by atoms with van der Waals surface area (Å²) in [5, 5.41) is 22.9. The minimum absolute atomic E-state index is 0.0357. The normalized spacial score (nSPS) is 55.6. The predicted molar refractivity (Wildman–Crippen MR) is 124 cm³/mol. The molecule has 0 unspecified atom stereocenters. The topological polar surface area (TPSA) is 66.8 Å². The number of Topliss-reactive ketones (excluding diaryl/α,β-unsaturated/α-hetero) is 1. The average molecular weight is 451 g/mol. The number of para-hydroxylation sites is 1. The SMILES string of the molecule is CO[C@H]1CC(=O)[C@@H]2[C@@H]3[C@H]4C[C@](C)([C@@]12O)[C@@]3(C)[C@]12C[C@H](Cc3ccccc3O)C[C@@H]1CC[C@@H]4C2. The molecule has 33 heavy (non-hydrogen) atoms. The number of carbonyl (C=O) groups excluding carboxylic acids is 1. The van der Waals surface area contributed by atoms with E-state index in [1.807, 2.05) is 18.2 Å². The molecule has 0 heterocycles. The van der Waals surface area contributed by atoms with Crippen LogP contribution in [0.15, 0.2) is 24.3 Å². The largest absolute Gasteiger partial charge is 0.508 e. The first kappa shape index (κ1) is 20.9. The van der Waals surface area contributed by atoms with Gasteiger partial charge in [0.05, 0.1) is 12.0 Å². The van der Waals surface area contributed by atoms with Gasteiger partial charge in [-0.25, -0.2) is 0 Å². The summed E-state index contributed by atoms with van der Waals surface area (Å²) in [5.74, 6) is 3.22. The van der Waals surface area contributed by atoms with E-state index in [0.717, 1.165) is 18.4 Å². The van der Waals surface area contributed by atoms with Gasteiger partial charge in [0.2, 0.25) is 0 Å². The van der Waals surface area contributed by atoms with Gasteiger partial charge in [0, 0.05) is 18.9 Å². The number of fused-ring (bicyclic) bond motifs is 4. The molecule has 6 fully saturated rings. The highest BCUT2D eigenvalue weighted by atomic mass is 16.5. The summed E-state index contributed by atoms with van der Waals surface area (Å²) >= 11 is 0. The first-order chi connectivity index (χ1) is 15.7. The Hall–Kier alpha value is -1.39. The van der Waals surface area contributed by atoms with E-state index in [9.17, 15) is 15.0 Å². The number of ketones is 1. The van der Waals surface area contributed by atoms with Crippen LogP contribution in [0.4, 0.5) is 0 Å². The van der Waals surface area contributed by atoms with Crippen molar-refractivity contribution < 1.29 is 19.7 Å². The van der Waals surface area contributed by atoms with Gasteiger partial charge in [0.1, 0.15) is 17.1 Å². The monoisotopic (exact) mass is 450 g/mol. The fourth-order valence-corrected chi connectivity index (χ4v) is 11.8. The quantitative estimate of drug-likeness (QED) is 0.697. The molecule has 1 spiro atoms. The fourth-order valence-electron chi connectivity index (χ4n) is 11.8. The van der Waals surface area contributed by atoms with Crippen molar-refractivity contribution in [2.75, 3.05) is 7.11 Å². The van der Waals surface area contributed by atoms with Crippen molar-refractivity contribution in [3.63, 3.8) is 0 Å². The molecule has 4 heteroatoms. The third-order valence-electron chi connectivity index (χ3n) is 12.8. The minimum atomic E-state index is -1.03. The molecular weight excluding hydrogens is 412 g/mol. The molecule has 178 valence electrons. The number of benzene rings is 1. The molecule has 1 aromatic rings. The van der Waals surface area contributed by atoms with Crippen LogP contribution in [0.3, 0.4) is 0 Å². The van der Waals surface area contributed by atoms with Crippen LogP contribution in [-0.2, 0) is 16.0 Å². The molecule has 6 bridgehead atoms. The second kappa shape index (κ2) is 6.23. The Bertz CT molecular complexity index is 1040. The number of hydrogen-bond donors (Lipinski definition) is 2. The Labute approximate surface area is 197 Å². The Balaban J connectivity index is 1.34. The molecule has 6 saturated carbocycles. The van der Waals surface area contributed by atoms with Gasteiger partial charge in [-0.1, -0.05) is 32.0 Å². The number of phenols is 1. The zero-order valence-electron chi connectivity index (χ0n) is 20.2. The molecule has 0 aliphatic heterocycles. The van der Waals surface area contributed by atoms with E-state index < -0.39 is 5.60 Å². The summed E-state index contributed by atoms with van der Waals surface area (Å²) < 4.78 is 5.84. The zero-order valence-corrected chi connectivity index (χ0v) is 20.2. The third kappa shape index (κ3) is 2.05. The van der Waals surface area contributed by atoms with E-state index in [1.165, 1.54) is 32.1 Å². The summed E-state index contributed by atoms with van der Waals surface area (Å²) in [6, 6.07) is 7.82. The maximum atomic E-state index is 13.4. The van der Waals surface area contributed by atoms with E-state index in [1.54, 1.807) is 7.11 Å². The van der Waals surface area contributed by atoms with Crippen molar-refractivity contribution in [2.24, 2.45) is 51.8 Å². The van der Waals surface area contributed by atoms with Crippen LogP contribution in [-0.4, -0.2) is 34.8 Å². The van der Waals surface area contributed by atoms with Gasteiger partial charge in [-0.05, 0) is 97.0 Å². The first-order valence-electron chi connectivity index (χ1n) is 13.3. The summed E-state index contributed by atoms with van der Waals surface area (Å²) in [6.45, 7) is 4.83. The van der Waals surface area contributed by atoms with Crippen molar-refractivity contribution in [3.05, 3.63) is 29.8 Å². The second-order valence-corrected chi connectivity index (χ2v) is 13.2. The van der Waals surface area contributed by atoms with E-state index >= 15 is 0 Å². The van der Waals surface area contributed by atoms with Crippen LogP contribution >= 0.6 is 0 Å². The molecule has 0 amide bonds. The lowest BCUT2D eigenvalue weighted by Crippen LogP contribution is -2.60. The number of aromatic hydroxyl groups is 1. The van der Waals surface area contributed by atoms with Crippen LogP contribution in [0.1, 0.15) is 64.4 Å². The maximum absolute atomic E-state index is 13.4. The highest BCUT2D eigenvalue weighted by molar-refractivity contribution is 5.88. The van der Waals surface area contributed by atoms with Crippen LogP contribution < -0.4 is 0 Å². The van der Waals surface area contributed by atoms with Gasteiger partial charge in [0.25, 0.3) is 0 Å².